The molecule has 7 heavy (non-hydrogen) atoms. The Kier molecular flexibility index (Phi) is 3.00. The van der Waals surface area contributed by atoms with Crippen molar-refractivity contribution < 1.29 is 0 Å². The van der Waals surface area contributed by atoms with E-state index in [1.165, 1.54) is 0 Å². The van der Waals surface area contributed by atoms with Crippen LogP contribution in [0.4, 0.5) is 0 Å². The van der Waals surface area contributed by atoms with E-state index in [-0.39, 0.29) is 0 Å². The lowest BCUT2D eigenvalue weighted by atomic mass is 11.9. The zero-order valence-electron chi connectivity index (χ0n) is 4.50. The van der Waals surface area contributed by atoms with E-state index in [9.17, 15) is 0 Å². The van der Waals surface area contributed by atoms with Gasteiger partial charge >= 0.3 is 0 Å². The zero-order chi connectivity index (χ0) is 5.91. The Hall–Kier alpha value is 0.571. The quantitative estimate of drug-likeness (QED) is 0.488. The Morgan fingerprint density at radius 1 is 1.14 bits per heavy atom. The minimum Gasteiger partial charge on any atom is -0.351 e. The molecule has 38 valence electrons. The second-order valence-corrected chi connectivity index (χ2v) is 7.12. The van der Waals surface area contributed by atoms with Crippen molar-refractivity contribution in [2.45, 2.75) is 13.1 Å². The van der Waals surface area contributed by atoms with E-state index in [0.29, 0.717) is 0 Å². The molecule has 2 nitrogen and oxygen atoms in total. The smallest absolute Gasteiger partial charge is 0.181 e. The van der Waals surface area contributed by atoms with Crippen LogP contribution in [-0.2, 0) is 0 Å². The predicted octanol–water partition coefficient (Wildman–Crippen LogP) is -0.966. The molecular formula is C2H8N2Si3. The van der Waals surface area contributed by atoms with Crippen LogP contribution in [0.5, 0.6) is 0 Å². The van der Waals surface area contributed by atoms with E-state index in [1.54, 1.807) is 0 Å². The van der Waals surface area contributed by atoms with E-state index >= 15 is 0 Å². The molecule has 0 saturated heterocycles. The van der Waals surface area contributed by atoms with Crippen LogP contribution in [0, 0.1) is 0 Å². The molecule has 0 aliphatic heterocycles. The number of nitrogens with one attached hydrogen (secondary N) is 2. The highest BCUT2D eigenvalue weighted by atomic mass is 28.4. The van der Waals surface area contributed by atoms with Crippen molar-refractivity contribution in [1.82, 2.24) is 9.30 Å². The van der Waals surface area contributed by atoms with Crippen molar-refractivity contribution in [2.75, 3.05) is 0 Å². The fourth-order valence-electron chi connectivity index (χ4n) is 0.0312. The maximum atomic E-state index is 3.19. The van der Waals surface area contributed by atoms with Gasteiger partial charge in [0.2, 0.25) is 0 Å². The van der Waals surface area contributed by atoms with Gasteiger partial charge in [-0.15, -0.1) is 0 Å². The molecule has 0 bridgehead atoms. The molecule has 0 heterocycles. The molecule has 0 unspecified atom stereocenters. The van der Waals surface area contributed by atoms with Gasteiger partial charge in [0.05, 0.1) is 0 Å². The van der Waals surface area contributed by atoms with Crippen LogP contribution in [0.25, 0.3) is 0 Å². The third-order valence-electron chi connectivity index (χ3n) is 0.625. The summed E-state index contributed by atoms with van der Waals surface area (Å²) in [5, 5.41) is 0. The predicted molar refractivity (Wildman–Crippen MR) is 35.3 cm³/mol. The maximum absolute atomic E-state index is 3.19. The normalized spacial score (nSPS) is 12.0. The van der Waals surface area contributed by atoms with Crippen molar-refractivity contribution in [3.05, 3.63) is 0 Å². The van der Waals surface area contributed by atoms with Crippen LogP contribution in [-0.4, -0.2) is 29.2 Å². The highest BCUT2D eigenvalue weighted by molar-refractivity contribution is 6.79. The fourth-order valence-corrected chi connectivity index (χ4v) is 0.844. The standard InChI is InChI=1S/C2H8N2Si3/c1-7(2,3-5)4-6/h3-4H,1-2H3. The average Bonchev–Trinajstić information content (AvgIpc) is 1.68. The van der Waals surface area contributed by atoms with Crippen LogP contribution in [0.2, 0.25) is 13.1 Å². The van der Waals surface area contributed by atoms with Crippen molar-refractivity contribution in [2.24, 2.45) is 0 Å². The van der Waals surface area contributed by atoms with Gasteiger partial charge in [0.15, 0.2) is 8.40 Å². The molecule has 6 radical (unpaired) electrons. The lowest BCUT2D eigenvalue weighted by Gasteiger charge is -2.18. The van der Waals surface area contributed by atoms with Crippen molar-refractivity contribution in [3.63, 3.8) is 0 Å². The van der Waals surface area contributed by atoms with Crippen LogP contribution < -0.4 is 9.30 Å². The molecule has 0 saturated carbocycles. The molecule has 0 aliphatic carbocycles. The van der Waals surface area contributed by atoms with E-state index in [2.05, 4.69) is 43.2 Å². The van der Waals surface area contributed by atoms with Gasteiger partial charge in [-0.05, 0) is 13.1 Å². The third-order valence-corrected chi connectivity index (χ3v) is 5.62. The number of rotatable bonds is 2. The summed E-state index contributed by atoms with van der Waals surface area (Å²) in [6, 6.07) is 0. The summed E-state index contributed by atoms with van der Waals surface area (Å²) >= 11 is 0. The minimum absolute atomic E-state index is 1.32. The summed E-state index contributed by atoms with van der Waals surface area (Å²) in [5.41, 5.74) is 0. The summed E-state index contributed by atoms with van der Waals surface area (Å²) < 4.78 is 5.95. The van der Waals surface area contributed by atoms with Crippen LogP contribution in [0.15, 0.2) is 0 Å². The summed E-state index contributed by atoms with van der Waals surface area (Å²) in [6.07, 6.45) is 0. The van der Waals surface area contributed by atoms with Gasteiger partial charge in [-0.25, -0.2) is 0 Å². The van der Waals surface area contributed by atoms with E-state index in [1.807, 2.05) is 0 Å². The minimum atomic E-state index is -1.32. The van der Waals surface area contributed by atoms with Crippen molar-refractivity contribution in [3.8, 4) is 0 Å². The largest absolute Gasteiger partial charge is 0.351 e. The molecule has 0 fully saturated rings. The summed E-state index contributed by atoms with van der Waals surface area (Å²) in [7, 11) is 5.06. The second-order valence-electron chi connectivity index (χ2n) is 1.88. The first kappa shape index (κ1) is 7.57. The Morgan fingerprint density at radius 2 is 1.43 bits per heavy atom. The molecular weight excluding hydrogens is 136 g/mol. The molecule has 0 rings (SSSR count). The summed E-state index contributed by atoms with van der Waals surface area (Å²) in [4.78, 5) is 0. The van der Waals surface area contributed by atoms with E-state index in [4.69, 9.17) is 0 Å². The lowest BCUT2D eigenvalue weighted by Crippen LogP contribution is -2.55. The number of hydrogen-bond acceptors (Lipinski definition) is 2. The van der Waals surface area contributed by atoms with Gasteiger partial charge in [0.25, 0.3) is 0 Å². The van der Waals surface area contributed by atoms with Gasteiger partial charge < -0.3 is 9.30 Å². The molecule has 2 N–H and O–H groups in total. The Morgan fingerprint density at radius 3 is 1.43 bits per heavy atom. The molecule has 0 aromatic carbocycles. The summed E-state index contributed by atoms with van der Waals surface area (Å²) in [6.45, 7) is 4.24. The molecule has 0 amide bonds. The highest BCUT2D eigenvalue weighted by Gasteiger charge is 2.12. The third kappa shape index (κ3) is 3.18. The lowest BCUT2D eigenvalue weighted by molar-refractivity contribution is 1.29. The highest BCUT2D eigenvalue weighted by Crippen LogP contribution is 1.83. The number of hydrogen-bond donors (Lipinski definition) is 2. The SMILES string of the molecule is C[Si](C)(N[Si])N[Si]. The van der Waals surface area contributed by atoms with E-state index < -0.39 is 8.40 Å². The fraction of sp³-hybridized carbons (Fsp3) is 1.00. The monoisotopic (exact) mass is 144 g/mol. The van der Waals surface area contributed by atoms with Gasteiger partial charge in [-0.1, -0.05) is 0 Å². The van der Waals surface area contributed by atoms with Crippen LogP contribution >= 0.6 is 0 Å². The van der Waals surface area contributed by atoms with Crippen molar-refractivity contribution >= 4 is 29.2 Å². The molecule has 0 spiro atoms. The zero-order valence-corrected chi connectivity index (χ0v) is 7.50. The Bertz CT molecular complexity index is 48.9. The van der Waals surface area contributed by atoms with Gasteiger partial charge in [0, 0.05) is 0 Å². The van der Waals surface area contributed by atoms with Crippen LogP contribution in [0.1, 0.15) is 0 Å². The first-order valence-electron chi connectivity index (χ1n) is 2.00. The first-order valence-corrected chi connectivity index (χ1v) is 6.00. The maximum Gasteiger partial charge on any atom is 0.181 e. The molecule has 0 aliphatic rings. The Labute approximate surface area is 52.2 Å². The molecule has 5 heteroatoms. The average molecular weight is 144 g/mol. The summed E-state index contributed by atoms with van der Waals surface area (Å²) in [5.74, 6) is 0. The second kappa shape index (κ2) is 2.78. The Balaban J connectivity index is 3.36. The van der Waals surface area contributed by atoms with Crippen molar-refractivity contribution in [1.29, 1.82) is 0 Å². The van der Waals surface area contributed by atoms with Gasteiger partial charge in [-0.3, -0.25) is 0 Å². The van der Waals surface area contributed by atoms with Gasteiger partial charge in [-0.2, -0.15) is 0 Å². The molecule has 0 atom stereocenters. The molecule has 0 aromatic heterocycles. The van der Waals surface area contributed by atoms with Gasteiger partial charge in [0.1, 0.15) is 20.8 Å². The molecule has 0 aromatic rings. The first-order chi connectivity index (χ1) is 3.12. The van der Waals surface area contributed by atoms with Crippen LogP contribution in [0.3, 0.4) is 0 Å². The topological polar surface area (TPSA) is 24.1 Å². The van der Waals surface area contributed by atoms with E-state index in [0.717, 1.165) is 0 Å².